The largest absolute Gasteiger partial charge is 0.324 e. The van der Waals surface area contributed by atoms with Crippen LogP contribution in [-0.2, 0) is 19.4 Å². The summed E-state index contributed by atoms with van der Waals surface area (Å²) in [7, 11) is 0. The van der Waals surface area contributed by atoms with Crippen molar-refractivity contribution in [3.63, 3.8) is 0 Å². The van der Waals surface area contributed by atoms with E-state index in [2.05, 4.69) is 10.2 Å². The SMILES string of the molecule is NCc1nnc(CCc2cccc(F)c2)s1. The van der Waals surface area contributed by atoms with Crippen LogP contribution in [0, 0.1) is 5.82 Å². The smallest absolute Gasteiger partial charge is 0.131 e. The molecule has 1 aromatic heterocycles. The van der Waals surface area contributed by atoms with Gasteiger partial charge in [-0.15, -0.1) is 21.5 Å². The third kappa shape index (κ3) is 2.84. The molecule has 0 radical (unpaired) electrons. The van der Waals surface area contributed by atoms with Gasteiger partial charge in [0.2, 0.25) is 0 Å². The molecule has 0 saturated heterocycles. The zero-order valence-electron chi connectivity index (χ0n) is 8.69. The zero-order valence-corrected chi connectivity index (χ0v) is 9.51. The van der Waals surface area contributed by atoms with Crippen LogP contribution in [0.25, 0.3) is 0 Å². The van der Waals surface area contributed by atoms with Crippen molar-refractivity contribution >= 4 is 11.3 Å². The fourth-order valence-corrected chi connectivity index (χ4v) is 2.14. The summed E-state index contributed by atoms with van der Waals surface area (Å²) < 4.78 is 12.9. The molecule has 0 atom stereocenters. The highest BCUT2D eigenvalue weighted by atomic mass is 32.1. The number of hydrogen-bond donors (Lipinski definition) is 1. The molecule has 16 heavy (non-hydrogen) atoms. The monoisotopic (exact) mass is 237 g/mol. The number of aromatic nitrogens is 2. The van der Waals surface area contributed by atoms with E-state index in [0.29, 0.717) is 6.54 Å². The average Bonchev–Trinajstić information content (AvgIpc) is 2.74. The zero-order chi connectivity index (χ0) is 11.4. The van der Waals surface area contributed by atoms with Gasteiger partial charge in [-0.3, -0.25) is 0 Å². The summed E-state index contributed by atoms with van der Waals surface area (Å²) in [4.78, 5) is 0. The predicted molar refractivity (Wildman–Crippen MR) is 61.6 cm³/mol. The minimum Gasteiger partial charge on any atom is -0.324 e. The molecule has 0 aliphatic rings. The molecule has 2 aromatic rings. The topological polar surface area (TPSA) is 51.8 Å². The van der Waals surface area contributed by atoms with Crippen molar-refractivity contribution < 1.29 is 4.39 Å². The fraction of sp³-hybridized carbons (Fsp3) is 0.273. The summed E-state index contributed by atoms with van der Waals surface area (Å²) in [6.07, 6.45) is 1.55. The van der Waals surface area contributed by atoms with E-state index >= 15 is 0 Å². The van der Waals surface area contributed by atoms with Crippen molar-refractivity contribution in [2.45, 2.75) is 19.4 Å². The van der Waals surface area contributed by atoms with Gasteiger partial charge in [0.15, 0.2) is 0 Å². The van der Waals surface area contributed by atoms with Crippen LogP contribution >= 0.6 is 11.3 Å². The first kappa shape index (κ1) is 11.2. The van der Waals surface area contributed by atoms with Crippen LogP contribution in [0.15, 0.2) is 24.3 Å². The van der Waals surface area contributed by atoms with Gasteiger partial charge < -0.3 is 5.73 Å². The minimum atomic E-state index is -0.197. The first-order chi connectivity index (χ1) is 7.78. The van der Waals surface area contributed by atoms with Crippen LogP contribution in [0.3, 0.4) is 0 Å². The average molecular weight is 237 g/mol. The second-order valence-corrected chi connectivity index (χ2v) is 4.57. The van der Waals surface area contributed by atoms with Crippen LogP contribution in [0.2, 0.25) is 0 Å². The van der Waals surface area contributed by atoms with Crippen molar-refractivity contribution in [1.29, 1.82) is 0 Å². The molecular weight excluding hydrogens is 225 g/mol. The van der Waals surface area contributed by atoms with E-state index in [0.717, 1.165) is 28.4 Å². The molecule has 0 aliphatic heterocycles. The number of aryl methyl sites for hydroxylation is 2. The Morgan fingerprint density at radius 1 is 1.19 bits per heavy atom. The molecule has 2 rings (SSSR count). The highest BCUT2D eigenvalue weighted by molar-refractivity contribution is 7.11. The maximum Gasteiger partial charge on any atom is 0.131 e. The Hall–Kier alpha value is -1.33. The first-order valence-corrected chi connectivity index (χ1v) is 5.85. The lowest BCUT2D eigenvalue weighted by Crippen LogP contribution is -1.94. The normalized spacial score (nSPS) is 10.6. The molecule has 84 valence electrons. The maximum atomic E-state index is 12.9. The Bertz CT molecular complexity index is 470. The first-order valence-electron chi connectivity index (χ1n) is 5.03. The van der Waals surface area contributed by atoms with Crippen LogP contribution in [0.4, 0.5) is 4.39 Å². The summed E-state index contributed by atoms with van der Waals surface area (Å²) in [5.41, 5.74) is 6.43. The van der Waals surface area contributed by atoms with Crippen molar-refractivity contribution in [2.24, 2.45) is 5.73 Å². The molecule has 2 N–H and O–H groups in total. The summed E-state index contributed by atoms with van der Waals surface area (Å²) in [6.45, 7) is 0.428. The Kier molecular flexibility index (Phi) is 3.58. The van der Waals surface area contributed by atoms with Crippen molar-refractivity contribution in [3.05, 3.63) is 45.7 Å². The Morgan fingerprint density at radius 2 is 2.00 bits per heavy atom. The molecule has 0 fully saturated rings. The quantitative estimate of drug-likeness (QED) is 0.884. The van der Waals surface area contributed by atoms with Crippen molar-refractivity contribution in [3.8, 4) is 0 Å². The molecular formula is C11H12FN3S. The third-order valence-corrected chi connectivity index (χ3v) is 3.21. The van der Waals surface area contributed by atoms with Gasteiger partial charge in [-0.1, -0.05) is 12.1 Å². The van der Waals surface area contributed by atoms with Gasteiger partial charge in [-0.2, -0.15) is 0 Å². The van der Waals surface area contributed by atoms with E-state index in [-0.39, 0.29) is 5.82 Å². The molecule has 0 spiro atoms. The Labute approximate surface area is 97.1 Å². The summed E-state index contributed by atoms with van der Waals surface area (Å²) in [5.74, 6) is -0.197. The van der Waals surface area contributed by atoms with Crippen LogP contribution in [-0.4, -0.2) is 10.2 Å². The molecule has 0 saturated carbocycles. The van der Waals surface area contributed by atoms with E-state index in [4.69, 9.17) is 5.73 Å². The van der Waals surface area contributed by atoms with E-state index < -0.39 is 0 Å². The second kappa shape index (κ2) is 5.14. The van der Waals surface area contributed by atoms with Gasteiger partial charge in [0.25, 0.3) is 0 Å². The Morgan fingerprint density at radius 3 is 2.69 bits per heavy atom. The predicted octanol–water partition coefficient (Wildman–Crippen LogP) is 1.92. The lowest BCUT2D eigenvalue weighted by atomic mass is 10.1. The minimum absolute atomic E-state index is 0.197. The van der Waals surface area contributed by atoms with Gasteiger partial charge in [0.1, 0.15) is 15.8 Å². The van der Waals surface area contributed by atoms with Crippen LogP contribution in [0.5, 0.6) is 0 Å². The summed E-state index contributed by atoms with van der Waals surface area (Å²) in [5, 5.41) is 9.74. The van der Waals surface area contributed by atoms with Gasteiger partial charge >= 0.3 is 0 Å². The third-order valence-electron chi connectivity index (χ3n) is 2.20. The summed E-state index contributed by atoms with van der Waals surface area (Å²) in [6, 6.07) is 6.62. The van der Waals surface area contributed by atoms with E-state index in [1.165, 1.54) is 17.4 Å². The second-order valence-electron chi connectivity index (χ2n) is 3.42. The lowest BCUT2D eigenvalue weighted by molar-refractivity contribution is 0.625. The number of hydrogen-bond acceptors (Lipinski definition) is 4. The van der Waals surface area contributed by atoms with Gasteiger partial charge in [-0.25, -0.2) is 4.39 Å². The highest BCUT2D eigenvalue weighted by Crippen LogP contribution is 2.13. The standard InChI is InChI=1S/C11H12FN3S/c12-9-3-1-2-8(6-9)4-5-10-14-15-11(7-13)16-10/h1-3,6H,4-5,7,13H2. The number of rotatable bonds is 4. The van der Waals surface area contributed by atoms with E-state index in [1.807, 2.05) is 6.07 Å². The van der Waals surface area contributed by atoms with Crippen molar-refractivity contribution in [1.82, 2.24) is 10.2 Å². The fourth-order valence-electron chi connectivity index (χ4n) is 1.42. The highest BCUT2D eigenvalue weighted by Gasteiger charge is 2.03. The molecule has 5 heteroatoms. The van der Waals surface area contributed by atoms with Gasteiger partial charge in [-0.05, 0) is 24.1 Å². The summed E-state index contributed by atoms with van der Waals surface area (Å²) >= 11 is 1.52. The molecule has 0 amide bonds. The molecule has 0 unspecified atom stereocenters. The van der Waals surface area contributed by atoms with E-state index in [1.54, 1.807) is 12.1 Å². The van der Waals surface area contributed by atoms with Crippen molar-refractivity contribution in [2.75, 3.05) is 0 Å². The Balaban J connectivity index is 1.96. The molecule has 3 nitrogen and oxygen atoms in total. The van der Waals surface area contributed by atoms with Crippen LogP contribution in [0.1, 0.15) is 15.6 Å². The number of nitrogens with zero attached hydrogens (tertiary/aromatic N) is 2. The number of benzene rings is 1. The number of nitrogens with two attached hydrogens (primary N) is 1. The molecule has 1 aromatic carbocycles. The maximum absolute atomic E-state index is 12.9. The molecule has 0 aliphatic carbocycles. The van der Waals surface area contributed by atoms with Crippen LogP contribution < -0.4 is 5.73 Å². The lowest BCUT2D eigenvalue weighted by Gasteiger charge is -1.98. The van der Waals surface area contributed by atoms with Gasteiger partial charge in [0, 0.05) is 13.0 Å². The molecule has 1 heterocycles. The molecule has 0 bridgehead atoms. The number of halogens is 1. The van der Waals surface area contributed by atoms with Gasteiger partial charge in [0.05, 0.1) is 0 Å². The van der Waals surface area contributed by atoms with E-state index in [9.17, 15) is 4.39 Å².